The smallest absolute Gasteiger partial charge is 0.243 e. The van der Waals surface area contributed by atoms with Gasteiger partial charge in [-0.05, 0) is 23.8 Å². The van der Waals surface area contributed by atoms with Crippen molar-refractivity contribution in [3.63, 3.8) is 0 Å². The number of carbonyl (C=O) groups excluding carboxylic acids is 2. The molecule has 2 aromatic carbocycles. The minimum Gasteiger partial charge on any atom is -0.457 e. The van der Waals surface area contributed by atoms with Gasteiger partial charge in [0.05, 0.1) is 6.54 Å². The summed E-state index contributed by atoms with van der Waals surface area (Å²) in [4.78, 5) is 30.8. The van der Waals surface area contributed by atoms with Gasteiger partial charge in [0.15, 0.2) is 0 Å². The van der Waals surface area contributed by atoms with Crippen molar-refractivity contribution in [2.75, 3.05) is 13.3 Å². The van der Waals surface area contributed by atoms with Crippen molar-refractivity contribution in [2.45, 2.75) is 18.5 Å². The second-order valence-corrected chi connectivity index (χ2v) is 7.31. The number of carbonyl (C=O) groups is 2. The maximum Gasteiger partial charge on any atom is 0.243 e. The Morgan fingerprint density at radius 3 is 2.89 bits per heavy atom. The van der Waals surface area contributed by atoms with Gasteiger partial charge in [0, 0.05) is 34.6 Å². The van der Waals surface area contributed by atoms with Gasteiger partial charge in [-0.3, -0.25) is 9.59 Å². The van der Waals surface area contributed by atoms with Gasteiger partial charge in [-0.25, -0.2) is 0 Å². The molecule has 2 atom stereocenters. The lowest BCUT2D eigenvalue weighted by Gasteiger charge is -2.44. The number of hydrogen-bond donors (Lipinski definition) is 2. The summed E-state index contributed by atoms with van der Waals surface area (Å²) in [5, 5.41) is 3.82. The minimum absolute atomic E-state index is 0.0127. The van der Waals surface area contributed by atoms with Gasteiger partial charge in [0.1, 0.15) is 23.6 Å². The molecule has 2 N–H and O–H groups in total. The first-order valence-electron chi connectivity index (χ1n) is 9.28. The third-order valence-electron chi connectivity index (χ3n) is 5.86. The summed E-state index contributed by atoms with van der Waals surface area (Å²) in [6.45, 7) is 0.151. The molecule has 2 amide bonds. The van der Waals surface area contributed by atoms with Crippen molar-refractivity contribution in [3.05, 3.63) is 59.3 Å². The Kier molecular flexibility index (Phi) is 3.06. The second kappa shape index (κ2) is 5.51. The molecule has 3 aliphatic rings. The Morgan fingerprint density at radius 2 is 1.96 bits per heavy atom. The number of para-hydroxylation sites is 1. The van der Waals surface area contributed by atoms with E-state index in [4.69, 9.17) is 9.47 Å². The van der Waals surface area contributed by atoms with Gasteiger partial charge in [-0.2, -0.15) is 0 Å². The molecule has 2 bridgehead atoms. The van der Waals surface area contributed by atoms with Crippen LogP contribution < -0.4 is 14.8 Å². The van der Waals surface area contributed by atoms with E-state index in [1.54, 1.807) is 4.90 Å². The van der Waals surface area contributed by atoms with Crippen LogP contribution in [0.25, 0.3) is 10.9 Å². The number of aromatic amines is 1. The van der Waals surface area contributed by atoms with Gasteiger partial charge >= 0.3 is 0 Å². The van der Waals surface area contributed by atoms with Gasteiger partial charge in [0.25, 0.3) is 0 Å². The highest BCUT2D eigenvalue weighted by Gasteiger charge is 2.46. The SMILES string of the molecule is O=C1NCC(=O)N2[C@H](c3ccc4cc3OCO4)c3[nH]c4ccccc4c3C[C@H]12. The van der Waals surface area contributed by atoms with Gasteiger partial charge < -0.3 is 24.7 Å². The minimum atomic E-state index is -0.537. The van der Waals surface area contributed by atoms with E-state index in [1.807, 2.05) is 36.4 Å². The number of H-pyrrole nitrogens is 1. The average Bonchev–Trinajstić information content (AvgIpc) is 3.09. The fourth-order valence-corrected chi connectivity index (χ4v) is 4.62. The van der Waals surface area contributed by atoms with Crippen molar-refractivity contribution >= 4 is 22.7 Å². The van der Waals surface area contributed by atoms with E-state index < -0.39 is 12.1 Å². The number of benzene rings is 2. The van der Waals surface area contributed by atoms with Crippen LogP contribution in [0.5, 0.6) is 11.5 Å². The van der Waals surface area contributed by atoms with E-state index in [0.29, 0.717) is 12.2 Å². The maximum absolute atomic E-state index is 12.9. The predicted octanol–water partition coefficient (Wildman–Crippen LogP) is 1.87. The molecule has 1 aromatic heterocycles. The highest BCUT2D eigenvalue weighted by molar-refractivity contribution is 5.97. The van der Waals surface area contributed by atoms with E-state index in [0.717, 1.165) is 33.5 Å². The molecule has 0 unspecified atom stereocenters. The molecule has 28 heavy (non-hydrogen) atoms. The van der Waals surface area contributed by atoms with Crippen molar-refractivity contribution < 1.29 is 19.1 Å². The zero-order valence-corrected chi connectivity index (χ0v) is 14.9. The Morgan fingerprint density at radius 1 is 1.07 bits per heavy atom. The van der Waals surface area contributed by atoms with Crippen LogP contribution in [0.15, 0.2) is 42.5 Å². The normalized spacial score (nSPS) is 22.8. The van der Waals surface area contributed by atoms with Crippen LogP contribution in [-0.2, 0) is 16.0 Å². The first kappa shape index (κ1) is 15.6. The molecular weight excluding hydrogens is 358 g/mol. The number of nitrogens with zero attached hydrogens (tertiary/aromatic N) is 1. The highest BCUT2D eigenvalue weighted by atomic mass is 16.7. The zero-order valence-electron chi connectivity index (χ0n) is 14.9. The Bertz CT molecular complexity index is 1150. The summed E-state index contributed by atoms with van der Waals surface area (Å²) in [5.74, 6) is 1.20. The number of rotatable bonds is 1. The van der Waals surface area contributed by atoms with Crippen molar-refractivity contribution in [3.8, 4) is 11.5 Å². The summed E-state index contributed by atoms with van der Waals surface area (Å²) in [6, 6.07) is 12.7. The van der Waals surface area contributed by atoms with Crippen LogP contribution in [0.2, 0.25) is 0 Å². The highest BCUT2D eigenvalue weighted by Crippen LogP contribution is 2.45. The van der Waals surface area contributed by atoms with Crippen LogP contribution in [0.4, 0.5) is 0 Å². The van der Waals surface area contributed by atoms with Gasteiger partial charge in [-0.1, -0.05) is 18.2 Å². The fraction of sp³-hybridized carbons (Fsp3) is 0.238. The Hall–Kier alpha value is -3.48. The lowest BCUT2D eigenvalue weighted by Crippen LogP contribution is -2.61. The molecule has 3 aliphatic heterocycles. The molecule has 140 valence electrons. The molecule has 7 nitrogen and oxygen atoms in total. The first-order chi connectivity index (χ1) is 13.7. The summed E-state index contributed by atoms with van der Waals surface area (Å²) >= 11 is 0. The summed E-state index contributed by atoms with van der Waals surface area (Å²) in [5.41, 5.74) is 3.88. The zero-order chi connectivity index (χ0) is 18.8. The van der Waals surface area contributed by atoms with Crippen LogP contribution in [0, 0.1) is 0 Å². The number of hydrogen-bond acceptors (Lipinski definition) is 4. The predicted molar refractivity (Wildman–Crippen MR) is 100 cm³/mol. The van der Waals surface area contributed by atoms with Crippen LogP contribution in [0.1, 0.15) is 22.9 Å². The molecule has 0 radical (unpaired) electrons. The number of amides is 2. The van der Waals surface area contributed by atoms with Crippen molar-refractivity contribution in [2.24, 2.45) is 0 Å². The molecule has 0 saturated carbocycles. The maximum atomic E-state index is 12.9. The first-order valence-corrected chi connectivity index (χ1v) is 9.28. The number of aromatic nitrogens is 1. The lowest BCUT2D eigenvalue weighted by atomic mass is 9.86. The average molecular weight is 375 g/mol. The standard InChI is InChI=1S/C21H17N3O4/c25-18-9-22-21(26)16-8-14-12-3-1-2-4-15(12)23-19(14)20(24(16)18)13-6-5-11-7-17(13)28-10-27-11/h1-7,16,20,23H,8-10H2,(H,22,26)/t16-,20-/m1/s1. The van der Waals surface area contributed by atoms with E-state index >= 15 is 0 Å². The molecule has 0 spiro atoms. The fourth-order valence-electron chi connectivity index (χ4n) is 4.62. The van der Waals surface area contributed by atoms with Crippen molar-refractivity contribution in [1.29, 1.82) is 0 Å². The number of piperazine rings is 1. The van der Waals surface area contributed by atoms with E-state index in [9.17, 15) is 9.59 Å². The monoisotopic (exact) mass is 375 g/mol. The number of fused-ring (bicyclic) bond motifs is 6. The molecule has 6 rings (SSSR count). The lowest BCUT2D eigenvalue weighted by molar-refractivity contribution is -0.148. The summed E-state index contributed by atoms with van der Waals surface area (Å²) in [7, 11) is 0. The topological polar surface area (TPSA) is 83.7 Å². The quantitative estimate of drug-likeness (QED) is 0.680. The third kappa shape index (κ3) is 2.04. The number of ether oxygens (including phenoxy) is 2. The Labute approximate surface area is 160 Å². The molecule has 7 heteroatoms. The van der Waals surface area contributed by atoms with Crippen molar-refractivity contribution in [1.82, 2.24) is 15.2 Å². The third-order valence-corrected chi connectivity index (χ3v) is 5.86. The second-order valence-electron chi connectivity index (χ2n) is 7.31. The summed E-state index contributed by atoms with van der Waals surface area (Å²) < 4.78 is 11.1. The van der Waals surface area contributed by atoms with Gasteiger partial charge in [-0.15, -0.1) is 0 Å². The molecule has 4 heterocycles. The molecule has 0 aliphatic carbocycles. The van der Waals surface area contributed by atoms with E-state index in [1.165, 1.54) is 0 Å². The molecule has 1 fully saturated rings. The Balaban J connectivity index is 1.63. The molecule has 3 aromatic rings. The van der Waals surface area contributed by atoms with Crippen LogP contribution in [-0.4, -0.2) is 41.1 Å². The molecule has 1 saturated heterocycles. The van der Waals surface area contributed by atoms with E-state index in [2.05, 4.69) is 16.4 Å². The summed E-state index contributed by atoms with van der Waals surface area (Å²) in [6.07, 6.45) is 0.491. The largest absolute Gasteiger partial charge is 0.457 e. The van der Waals surface area contributed by atoms with Crippen LogP contribution >= 0.6 is 0 Å². The van der Waals surface area contributed by atoms with Crippen LogP contribution in [0.3, 0.4) is 0 Å². The number of nitrogens with one attached hydrogen (secondary N) is 2. The molecular formula is C21H17N3O4. The van der Waals surface area contributed by atoms with E-state index in [-0.39, 0.29) is 25.2 Å². The van der Waals surface area contributed by atoms with Gasteiger partial charge in [0.2, 0.25) is 18.6 Å².